The second kappa shape index (κ2) is 10.9. The van der Waals surface area contributed by atoms with Crippen LogP contribution in [0.1, 0.15) is 36.9 Å². The summed E-state index contributed by atoms with van der Waals surface area (Å²) in [5.41, 5.74) is 5.43. The molecule has 0 radical (unpaired) electrons. The first-order chi connectivity index (χ1) is 14.6. The molecule has 11 heteroatoms. The van der Waals surface area contributed by atoms with Gasteiger partial charge >= 0.3 is 12.2 Å². The van der Waals surface area contributed by atoms with Crippen LogP contribution in [0, 0.1) is 5.82 Å². The number of amides is 3. The average molecular weight is 458 g/mol. The van der Waals surface area contributed by atoms with E-state index in [1.54, 1.807) is 0 Å². The number of halogens is 4. The lowest BCUT2D eigenvalue weighted by molar-refractivity contribution is -0.137. The van der Waals surface area contributed by atoms with Crippen LogP contribution in [0.3, 0.4) is 0 Å². The van der Waals surface area contributed by atoms with E-state index in [4.69, 9.17) is 5.73 Å². The van der Waals surface area contributed by atoms with Gasteiger partial charge in [-0.25, -0.2) is 9.18 Å². The lowest BCUT2D eigenvalue weighted by atomic mass is 9.99. The molecule has 0 heterocycles. The van der Waals surface area contributed by atoms with Gasteiger partial charge in [-0.3, -0.25) is 9.52 Å². The maximum absolute atomic E-state index is 13.3. The van der Waals surface area contributed by atoms with Gasteiger partial charge in [0.15, 0.2) is 0 Å². The third kappa shape index (κ3) is 8.00. The number of nitrogens with two attached hydrogens (primary N) is 1. The topological polar surface area (TPSA) is 96.2 Å². The number of carbonyl (C=O) groups is 2. The zero-order valence-corrected chi connectivity index (χ0v) is 17.4. The fraction of sp³-hybridized carbons (Fsp3) is 0.300. The molecular weight excluding hydrogens is 436 g/mol. The normalized spacial score (nSPS) is 12.2. The first-order valence-electron chi connectivity index (χ1n) is 9.26. The number of urea groups is 1. The van der Waals surface area contributed by atoms with E-state index >= 15 is 0 Å². The summed E-state index contributed by atoms with van der Waals surface area (Å²) in [7, 11) is 0. The first-order valence-corrected chi connectivity index (χ1v) is 10.1. The third-order valence-electron chi connectivity index (χ3n) is 4.19. The summed E-state index contributed by atoms with van der Waals surface area (Å²) in [6.07, 6.45) is -3.82. The highest BCUT2D eigenvalue weighted by molar-refractivity contribution is 7.98. The maximum atomic E-state index is 13.3. The minimum Gasteiger partial charge on any atom is -0.398 e. The van der Waals surface area contributed by atoms with Crippen molar-refractivity contribution < 1.29 is 27.2 Å². The molecule has 2 aromatic carbocycles. The SMILES string of the molecule is CC(=O)NCCCC(NC(=O)NSc1cc(F)ccc1N)c1cccc(C(F)(F)F)c1. The fourth-order valence-corrected chi connectivity index (χ4v) is 3.33. The van der Waals surface area contributed by atoms with E-state index in [1.165, 1.54) is 31.2 Å². The molecule has 2 rings (SSSR count). The highest BCUT2D eigenvalue weighted by atomic mass is 32.2. The van der Waals surface area contributed by atoms with E-state index in [-0.39, 0.29) is 28.5 Å². The predicted molar refractivity (Wildman–Crippen MR) is 110 cm³/mol. The molecule has 0 aliphatic carbocycles. The van der Waals surface area contributed by atoms with E-state index in [1.807, 2.05) is 0 Å². The predicted octanol–water partition coefficient (Wildman–Crippen LogP) is 4.39. The van der Waals surface area contributed by atoms with Gasteiger partial charge in [-0.05, 0) is 60.7 Å². The molecule has 0 aromatic heterocycles. The summed E-state index contributed by atoms with van der Waals surface area (Å²) in [6, 6.07) is 6.91. The molecule has 1 atom stereocenters. The lowest BCUT2D eigenvalue weighted by Gasteiger charge is -2.21. The van der Waals surface area contributed by atoms with Crippen LogP contribution in [-0.2, 0) is 11.0 Å². The van der Waals surface area contributed by atoms with Crippen molar-refractivity contribution >= 4 is 29.6 Å². The van der Waals surface area contributed by atoms with Gasteiger partial charge in [-0.15, -0.1) is 0 Å². The smallest absolute Gasteiger partial charge is 0.398 e. The van der Waals surface area contributed by atoms with Gasteiger partial charge in [0.05, 0.1) is 16.5 Å². The molecule has 3 amide bonds. The van der Waals surface area contributed by atoms with Gasteiger partial charge < -0.3 is 16.4 Å². The Kier molecular flexibility index (Phi) is 8.55. The number of alkyl halides is 3. The Balaban J connectivity index is 2.09. The summed E-state index contributed by atoms with van der Waals surface area (Å²) in [5, 5.41) is 5.22. The van der Waals surface area contributed by atoms with Crippen molar-refractivity contribution in [2.75, 3.05) is 12.3 Å². The first kappa shape index (κ1) is 24.3. The second-order valence-electron chi connectivity index (χ2n) is 6.66. The molecule has 1 unspecified atom stereocenters. The highest BCUT2D eigenvalue weighted by Gasteiger charge is 2.31. The number of anilines is 1. The van der Waals surface area contributed by atoms with Gasteiger partial charge in [0, 0.05) is 19.2 Å². The van der Waals surface area contributed by atoms with Crippen LogP contribution in [0.4, 0.5) is 28.0 Å². The fourth-order valence-electron chi connectivity index (χ4n) is 2.71. The van der Waals surface area contributed by atoms with Crippen molar-refractivity contribution in [3.63, 3.8) is 0 Å². The van der Waals surface area contributed by atoms with Crippen LogP contribution >= 0.6 is 11.9 Å². The van der Waals surface area contributed by atoms with Crippen LogP contribution in [0.15, 0.2) is 47.4 Å². The molecule has 0 aliphatic heterocycles. The number of hydrogen-bond acceptors (Lipinski definition) is 4. The largest absolute Gasteiger partial charge is 0.416 e. The molecule has 0 saturated carbocycles. The van der Waals surface area contributed by atoms with E-state index in [0.29, 0.717) is 13.0 Å². The van der Waals surface area contributed by atoms with Crippen molar-refractivity contribution in [1.29, 1.82) is 0 Å². The zero-order chi connectivity index (χ0) is 23.0. The molecule has 0 aliphatic rings. The summed E-state index contributed by atoms with van der Waals surface area (Å²) < 4.78 is 55.0. The number of rotatable bonds is 8. The van der Waals surface area contributed by atoms with E-state index in [9.17, 15) is 27.2 Å². The van der Waals surface area contributed by atoms with Gasteiger partial charge in [0.25, 0.3) is 0 Å². The number of hydrogen-bond donors (Lipinski definition) is 4. The van der Waals surface area contributed by atoms with Crippen LogP contribution in [0.2, 0.25) is 0 Å². The van der Waals surface area contributed by atoms with E-state index in [0.717, 1.165) is 30.1 Å². The molecular formula is C20H22F4N4O2S. The van der Waals surface area contributed by atoms with E-state index < -0.39 is 29.6 Å². The second-order valence-corrected chi connectivity index (χ2v) is 7.51. The average Bonchev–Trinajstić information content (AvgIpc) is 2.70. The molecule has 0 spiro atoms. The third-order valence-corrected chi connectivity index (χ3v) is 5.06. The number of nitrogens with one attached hydrogen (secondary N) is 3. The Bertz CT molecular complexity index is 924. The van der Waals surface area contributed by atoms with Crippen LogP contribution in [0.25, 0.3) is 0 Å². The molecule has 168 valence electrons. The Labute approximate surface area is 181 Å². The summed E-state index contributed by atoms with van der Waals surface area (Å²) in [6.45, 7) is 1.66. The quantitative estimate of drug-likeness (QED) is 0.204. The Morgan fingerprint density at radius 2 is 1.90 bits per heavy atom. The molecule has 5 N–H and O–H groups in total. The number of benzene rings is 2. The minimum absolute atomic E-state index is 0.231. The molecule has 0 bridgehead atoms. The van der Waals surface area contributed by atoms with Crippen molar-refractivity contribution in [3.8, 4) is 0 Å². The van der Waals surface area contributed by atoms with Gasteiger partial charge in [0.2, 0.25) is 5.91 Å². The maximum Gasteiger partial charge on any atom is 0.416 e. The highest BCUT2D eigenvalue weighted by Crippen LogP contribution is 2.31. The summed E-state index contributed by atoms with van der Waals surface area (Å²) >= 11 is 0.782. The van der Waals surface area contributed by atoms with Gasteiger partial charge in [-0.2, -0.15) is 13.2 Å². The number of nitrogen functional groups attached to an aromatic ring is 1. The van der Waals surface area contributed by atoms with Crippen LogP contribution in [-0.4, -0.2) is 18.5 Å². The zero-order valence-electron chi connectivity index (χ0n) is 16.6. The van der Waals surface area contributed by atoms with Crippen LogP contribution in [0.5, 0.6) is 0 Å². The van der Waals surface area contributed by atoms with E-state index in [2.05, 4.69) is 15.4 Å². The standard InChI is InChI=1S/C20H22F4N4O2S/c1-12(29)26-9-3-6-17(13-4-2-5-14(10-13)20(22,23)24)27-19(30)28-31-18-11-15(21)7-8-16(18)25/h2,4-5,7-8,10-11,17H,3,6,9,25H2,1H3,(H,26,29)(H2,27,28,30). The van der Waals surface area contributed by atoms with Crippen molar-refractivity contribution in [2.24, 2.45) is 0 Å². The van der Waals surface area contributed by atoms with Crippen LogP contribution < -0.4 is 21.1 Å². The Hall–Kier alpha value is -2.95. The molecule has 2 aromatic rings. The molecule has 31 heavy (non-hydrogen) atoms. The molecule has 0 saturated heterocycles. The van der Waals surface area contributed by atoms with Crippen molar-refractivity contribution in [1.82, 2.24) is 15.4 Å². The van der Waals surface area contributed by atoms with Crippen molar-refractivity contribution in [3.05, 3.63) is 59.4 Å². The number of carbonyl (C=O) groups excluding carboxylic acids is 2. The van der Waals surface area contributed by atoms with Crippen molar-refractivity contribution in [2.45, 2.75) is 36.9 Å². The Morgan fingerprint density at radius 3 is 2.58 bits per heavy atom. The Morgan fingerprint density at radius 1 is 1.16 bits per heavy atom. The van der Waals surface area contributed by atoms with Gasteiger partial charge in [0.1, 0.15) is 5.82 Å². The summed E-state index contributed by atoms with van der Waals surface area (Å²) in [5.74, 6) is -0.760. The molecule has 0 fully saturated rings. The minimum atomic E-state index is -4.52. The lowest BCUT2D eigenvalue weighted by Crippen LogP contribution is -2.35. The molecule has 6 nitrogen and oxygen atoms in total. The van der Waals surface area contributed by atoms with Gasteiger partial charge in [-0.1, -0.05) is 12.1 Å². The monoisotopic (exact) mass is 458 g/mol. The summed E-state index contributed by atoms with van der Waals surface area (Å²) in [4.78, 5) is 23.6.